The summed E-state index contributed by atoms with van der Waals surface area (Å²) in [5.41, 5.74) is 2.25. The number of aromatic nitrogens is 1. The maximum atomic E-state index is 12.6. The predicted molar refractivity (Wildman–Crippen MR) is 105 cm³/mol. The van der Waals surface area contributed by atoms with Gasteiger partial charge in [-0.1, -0.05) is 13.0 Å². The molecule has 5 nitrogen and oxygen atoms in total. The first-order valence-electron chi connectivity index (χ1n) is 10.4. The minimum absolute atomic E-state index is 0.133. The van der Waals surface area contributed by atoms with Crippen LogP contribution in [0.15, 0.2) is 24.3 Å². The molecular formula is C23H26N2O3. The average Bonchev–Trinajstić information content (AvgIpc) is 3.56. The Balaban J connectivity index is 1.59. The normalized spacial score (nSPS) is 30.2. The third-order valence-corrected chi connectivity index (χ3v) is 6.95. The molecule has 28 heavy (non-hydrogen) atoms. The Kier molecular flexibility index (Phi) is 3.86. The highest BCUT2D eigenvalue weighted by Gasteiger charge is 2.55. The molecule has 2 aliphatic carbocycles. The Morgan fingerprint density at radius 3 is 2.79 bits per heavy atom. The van der Waals surface area contributed by atoms with Gasteiger partial charge in [-0.25, -0.2) is 4.79 Å². The Labute approximate surface area is 165 Å². The van der Waals surface area contributed by atoms with Crippen molar-refractivity contribution in [3.05, 3.63) is 35.5 Å². The molecule has 0 amide bonds. The van der Waals surface area contributed by atoms with Crippen molar-refractivity contribution in [2.24, 2.45) is 5.92 Å². The van der Waals surface area contributed by atoms with Gasteiger partial charge in [0.2, 0.25) is 0 Å². The lowest BCUT2D eigenvalue weighted by molar-refractivity contribution is -0.0132. The number of fused-ring (bicyclic) bond motifs is 1. The van der Waals surface area contributed by atoms with Crippen LogP contribution in [0.5, 0.6) is 0 Å². The number of hydrogen-bond acceptors (Lipinski definition) is 4. The van der Waals surface area contributed by atoms with Crippen LogP contribution in [0.2, 0.25) is 0 Å². The molecule has 1 saturated heterocycles. The largest absolute Gasteiger partial charge is 0.461 e. The number of carbonyl (C=O) groups is 1. The number of nitrogens with zero attached hydrogens (tertiary/aromatic N) is 2. The average molecular weight is 378 g/mol. The molecule has 2 heterocycles. The van der Waals surface area contributed by atoms with Gasteiger partial charge in [0.25, 0.3) is 0 Å². The molecule has 5 heteroatoms. The summed E-state index contributed by atoms with van der Waals surface area (Å²) in [5, 5.41) is 10.9. The monoisotopic (exact) mass is 378 g/mol. The molecule has 3 fully saturated rings. The molecule has 1 aliphatic heterocycles. The Morgan fingerprint density at radius 1 is 1.36 bits per heavy atom. The molecule has 1 spiro atoms. The third-order valence-electron chi connectivity index (χ3n) is 6.95. The number of benzene rings is 1. The van der Waals surface area contributed by atoms with E-state index in [0.29, 0.717) is 18.2 Å². The van der Waals surface area contributed by atoms with E-state index < -0.39 is 5.54 Å². The van der Waals surface area contributed by atoms with Crippen molar-refractivity contribution in [1.82, 2.24) is 4.57 Å². The second-order valence-electron chi connectivity index (χ2n) is 8.77. The van der Waals surface area contributed by atoms with E-state index in [-0.39, 0.29) is 17.5 Å². The van der Waals surface area contributed by atoms with E-state index in [4.69, 9.17) is 9.47 Å². The fourth-order valence-corrected chi connectivity index (χ4v) is 5.00. The molecule has 0 unspecified atom stereocenters. The van der Waals surface area contributed by atoms with Crippen LogP contribution in [0.1, 0.15) is 67.9 Å². The number of hydrogen-bond donors (Lipinski definition) is 0. The second kappa shape index (κ2) is 6.09. The number of esters is 1. The van der Waals surface area contributed by atoms with Crippen LogP contribution in [0.25, 0.3) is 10.9 Å². The quantitative estimate of drug-likeness (QED) is 0.735. The van der Waals surface area contributed by atoms with Crippen LogP contribution < -0.4 is 0 Å². The molecule has 0 radical (unpaired) electrons. The van der Waals surface area contributed by atoms with Gasteiger partial charge in [-0.05, 0) is 74.6 Å². The molecule has 3 aliphatic rings. The third kappa shape index (κ3) is 2.58. The fraction of sp³-hybridized carbons (Fsp3) is 0.565. The smallest absolute Gasteiger partial charge is 0.355 e. The van der Waals surface area contributed by atoms with Crippen LogP contribution in [0.3, 0.4) is 0 Å². The van der Waals surface area contributed by atoms with Gasteiger partial charge in [0, 0.05) is 12.0 Å². The molecular weight excluding hydrogens is 352 g/mol. The van der Waals surface area contributed by atoms with E-state index in [1.807, 2.05) is 17.6 Å². The molecule has 3 atom stereocenters. The number of ether oxygens (including phenoxy) is 2. The van der Waals surface area contributed by atoms with Crippen molar-refractivity contribution >= 4 is 16.9 Å². The summed E-state index contributed by atoms with van der Waals surface area (Å²) in [6.45, 7) is 5.02. The SMILES string of the molecule is CCOC(=O)c1cc2cc([C@H]3CCOC4(CC4)C3)ccc2n1[C@]1(C#N)C[C@@H]1C. The molecule has 146 valence electrons. The van der Waals surface area contributed by atoms with E-state index in [1.54, 1.807) is 0 Å². The lowest BCUT2D eigenvalue weighted by Crippen LogP contribution is -2.26. The van der Waals surface area contributed by atoms with E-state index >= 15 is 0 Å². The molecule has 1 aromatic heterocycles. The minimum atomic E-state index is -0.637. The highest BCUT2D eigenvalue weighted by Crippen LogP contribution is 2.53. The van der Waals surface area contributed by atoms with Crippen LogP contribution in [0.4, 0.5) is 0 Å². The molecule has 5 rings (SSSR count). The minimum Gasteiger partial charge on any atom is -0.461 e. The maximum absolute atomic E-state index is 12.6. The summed E-state index contributed by atoms with van der Waals surface area (Å²) in [6, 6.07) is 10.9. The van der Waals surface area contributed by atoms with Gasteiger partial charge < -0.3 is 14.0 Å². The highest BCUT2D eigenvalue weighted by molar-refractivity contribution is 5.96. The van der Waals surface area contributed by atoms with Crippen molar-refractivity contribution in [3.8, 4) is 6.07 Å². The van der Waals surface area contributed by atoms with Crippen molar-refractivity contribution in [3.63, 3.8) is 0 Å². The van der Waals surface area contributed by atoms with Crippen molar-refractivity contribution in [1.29, 1.82) is 5.26 Å². The van der Waals surface area contributed by atoms with Crippen LogP contribution in [-0.4, -0.2) is 29.4 Å². The summed E-state index contributed by atoms with van der Waals surface area (Å²) in [5.74, 6) is 0.378. The van der Waals surface area contributed by atoms with E-state index in [1.165, 1.54) is 18.4 Å². The van der Waals surface area contributed by atoms with Crippen molar-refractivity contribution in [2.75, 3.05) is 13.2 Å². The summed E-state index contributed by atoms with van der Waals surface area (Å²) >= 11 is 0. The van der Waals surface area contributed by atoms with Crippen LogP contribution in [-0.2, 0) is 15.0 Å². The van der Waals surface area contributed by atoms with Crippen molar-refractivity contribution < 1.29 is 14.3 Å². The van der Waals surface area contributed by atoms with Crippen LogP contribution in [0, 0.1) is 17.2 Å². The first-order valence-corrected chi connectivity index (χ1v) is 10.4. The first-order chi connectivity index (χ1) is 13.5. The number of carbonyl (C=O) groups excluding carboxylic acids is 1. The zero-order valence-electron chi connectivity index (χ0n) is 16.5. The first kappa shape index (κ1) is 17.8. The highest BCUT2D eigenvalue weighted by atomic mass is 16.5. The fourth-order valence-electron chi connectivity index (χ4n) is 5.00. The van der Waals surface area contributed by atoms with Crippen molar-refractivity contribution in [2.45, 2.75) is 63.0 Å². The topological polar surface area (TPSA) is 64.2 Å². The maximum Gasteiger partial charge on any atom is 0.355 e. The molecule has 2 saturated carbocycles. The lowest BCUT2D eigenvalue weighted by atomic mass is 9.87. The Bertz CT molecular complexity index is 997. The zero-order chi connectivity index (χ0) is 19.5. The van der Waals surface area contributed by atoms with E-state index in [2.05, 4.69) is 31.2 Å². The Morgan fingerprint density at radius 2 is 2.14 bits per heavy atom. The summed E-state index contributed by atoms with van der Waals surface area (Å²) in [4.78, 5) is 12.6. The van der Waals surface area contributed by atoms with Gasteiger partial charge in [0.15, 0.2) is 0 Å². The van der Waals surface area contributed by atoms with Gasteiger partial charge in [0.05, 0.1) is 23.8 Å². The molecule has 1 aromatic carbocycles. The van der Waals surface area contributed by atoms with Gasteiger partial charge in [-0.3, -0.25) is 0 Å². The van der Waals surface area contributed by atoms with Crippen LogP contribution >= 0.6 is 0 Å². The summed E-state index contributed by atoms with van der Waals surface area (Å²) < 4.78 is 13.2. The molecule has 2 aromatic rings. The predicted octanol–water partition coefficient (Wildman–Crippen LogP) is 4.50. The second-order valence-corrected chi connectivity index (χ2v) is 8.77. The summed E-state index contributed by atoms with van der Waals surface area (Å²) in [7, 11) is 0. The molecule has 0 N–H and O–H groups in total. The lowest BCUT2D eigenvalue weighted by Gasteiger charge is -2.30. The van der Waals surface area contributed by atoms with E-state index in [0.717, 1.165) is 36.8 Å². The van der Waals surface area contributed by atoms with Gasteiger partial charge in [-0.15, -0.1) is 0 Å². The zero-order valence-corrected chi connectivity index (χ0v) is 16.5. The van der Waals surface area contributed by atoms with Gasteiger partial charge >= 0.3 is 5.97 Å². The Hall–Kier alpha value is -2.32. The van der Waals surface area contributed by atoms with E-state index in [9.17, 15) is 10.1 Å². The van der Waals surface area contributed by atoms with Gasteiger partial charge in [0.1, 0.15) is 11.2 Å². The number of rotatable bonds is 4. The molecule has 0 bridgehead atoms. The standard InChI is InChI=1S/C23H26N2O3/c1-3-27-21(26)20-11-18-10-16(17-6-9-28-22(13-17)7-8-22)4-5-19(18)25(20)23(14-24)12-15(23)2/h4-5,10-11,15,17H,3,6-9,12-13H2,1-2H3/t15-,17-,23-/m0/s1. The number of nitriles is 1. The van der Waals surface area contributed by atoms with Gasteiger partial charge in [-0.2, -0.15) is 5.26 Å². The summed E-state index contributed by atoms with van der Waals surface area (Å²) in [6.07, 6.45) is 5.25.